The van der Waals surface area contributed by atoms with Gasteiger partial charge >= 0.3 is 0 Å². The van der Waals surface area contributed by atoms with E-state index in [9.17, 15) is 9.59 Å². The molecule has 1 fully saturated rings. The second kappa shape index (κ2) is 8.25. The summed E-state index contributed by atoms with van der Waals surface area (Å²) in [5, 5.41) is 6.34. The Morgan fingerprint density at radius 2 is 2.07 bits per heavy atom. The SMILES string of the molecule is O=C(C[C@H]1Sc2ccccc2NC1=O)Nc1ccc2nc(N3CCOCC3)sc2c1. The van der Waals surface area contributed by atoms with Crippen LogP contribution >= 0.6 is 23.1 Å². The molecule has 9 heteroatoms. The van der Waals surface area contributed by atoms with Crippen molar-refractivity contribution in [1.82, 2.24) is 4.98 Å². The van der Waals surface area contributed by atoms with Crippen molar-refractivity contribution in [3.05, 3.63) is 42.5 Å². The lowest BCUT2D eigenvalue weighted by Gasteiger charge is -2.25. The number of anilines is 3. The number of para-hydroxylation sites is 1. The lowest BCUT2D eigenvalue weighted by molar-refractivity contribution is -0.120. The quantitative estimate of drug-likeness (QED) is 0.645. The summed E-state index contributed by atoms with van der Waals surface area (Å²) in [6.07, 6.45) is 0.116. The highest BCUT2D eigenvalue weighted by atomic mass is 32.2. The number of nitrogens with one attached hydrogen (secondary N) is 2. The monoisotopic (exact) mass is 440 g/mol. The van der Waals surface area contributed by atoms with Gasteiger partial charge in [0.15, 0.2) is 5.13 Å². The van der Waals surface area contributed by atoms with Crippen LogP contribution in [0.3, 0.4) is 0 Å². The van der Waals surface area contributed by atoms with Gasteiger partial charge in [-0.15, -0.1) is 11.8 Å². The van der Waals surface area contributed by atoms with Crippen molar-refractivity contribution in [3.8, 4) is 0 Å². The lowest BCUT2D eigenvalue weighted by atomic mass is 10.2. The molecule has 0 bridgehead atoms. The first-order valence-corrected chi connectivity index (χ1v) is 11.4. The van der Waals surface area contributed by atoms with Gasteiger partial charge in [0.1, 0.15) is 0 Å². The maximum absolute atomic E-state index is 12.6. The van der Waals surface area contributed by atoms with E-state index in [-0.39, 0.29) is 18.2 Å². The van der Waals surface area contributed by atoms with E-state index in [0.717, 1.165) is 39.0 Å². The average Bonchev–Trinajstić information content (AvgIpc) is 3.18. The highest BCUT2D eigenvalue weighted by Crippen LogP contribution is 2.37. The van der Waals surface area contributed by atoms with E-state index in [2.05, 4.69) is 15.5 Å². The molecule has 1 atom stereocenters. The van der Waals surface area contributed by atoms with Crippen LogP contribution in [0.15, 0.2) is 47.4 Å². The largest absolute Gasteiger partial charge is 0.378 e. The van der Waals surface area contributed by atoms with Crippen molar-refractivity contribution in [3.63, 3.8) is 0 Å². The number of nitrogens with zero attached hydrogens (tertiary/aromatic N) is 2. The summed E-state index contributed by atoms with van der Waals surface area (Å²) in [5.74, 6) is -0.318. The molecular weight excluding hydrogens is 420 g/mol. The van der Waals surface area contributed by atoms with Crippen LogP contribution < -0.4 is 15.5 Å². The Morgan fingerprint density at radius 3 is 2.93 bits per heavy atom. The van der Waals surface area contributed by atoms with Gasteiger partial charge in [0, 0.05) is 30.1 Å². The Hall–Kier alpha value is -2.62. The summed E-state index contributed by atoms with van der Waals surface area (Å²) in [6.45, 7) is 3.12. The zero-order valence-corrected chi connectivity index (χ0v) is 17.7. The highest BCUT2D eigenvalue weighted by Gasteiger charge is 2.28. The van der Waals surface area contributed by atoms with Gasteiger partial charge in [-0.05, 0) is 30.3 Å². The third-order valence-electron chi connectivity index (χ3n) is 5.02. The molecular formula is C21H20N4O3S2. The van der Waals surface area contributed by atoms with Crippen LogP contribution in [0.5, 0.6) is 0 Å². The fraction of sp³-hybridized carbons (Fsp3) is 0.286. The predicted octanol–water partition coefficient (Wildman–Crippen LogP) is 3.57. The number of rotatable bonds is 4. The van der Waals surface area contributed by atoms with Crippen LogP contribution in [0.2, 0.25) is 0 Å². The van der Waals surface area contributed by atoms with Gasteiger partial charge in [0.05, 0.1) is 34.4 Å². The van der Waals surface area contributed by atoms with E-state index in [1.807, 2.05) is 42.5 Å². The molecule has 0 aliphatic carbocycles. The third kappa shape index (κ3) is 4.00. The molecule has 0 saturated carbocycles. The van der Waals surface area contributed by atoms with Crippen molar-refractivity contribution in [2.24, 2.45) is 0 Å². The maximum atomic E-state index is 12.6. The molecule has 1 saturated heterocycles. The number of amides is 2. The molecule has 5 rings (SSSR count). The van der Waals surface area contributed by atoms with Gasteiger partial charge in [-0.25, -0.2) is 4.98 Å². The molecule has 3 aromatic rings. The van der Waals surface area contributed by atoms with Crippen LogP contribution in [0.25, 0.3) is 10.2 Å². The maximum Gasteiger partial charge on any atom is 0.238 e. The minimum Gasteiger partial charge on any atom is -0.378 e. The summed E-state index contributed by atoms with van der Waals surface area (Å²) in [7, 11) is 0. The molecule has 2 aliphatic heterocycles. The topological polar surface area (TPSA) is 83.6 Å². The highest BCUT2D eigenvalue weighted by molar-refractivity contribution is 8.01. The molecule has 0 spiro atoms. The number of benzene rings is 2. The molecule has 2 N–H and O–H groups in total. The lowest BCUT2D eigenvalue weighted by Crippen LogP contribution is -2.36. The van der Waals surface area contributed by atoms with E-state index in [0.29, 0.717) is 18.9 Å². The fourth-order valence-electron chi connectivity index (χ4n) is 3.49. The minimum atomic E-state index is -0.444. The van der Waals surface area contributed by atoms with E-state index in [1.54, 1.807) is 11.3 Å². The van der Waals surface area contributed by atoms with Crippen LogP contribution in [0, 0.1) is 0 Å². The number of aromatic nitrogens is 1. The number of thiazole rings is 1. The van der Waals surface area contributed by atoms with Crippen molar-refractivity contribution in [2.45, 2.75) is 16.6 Å². The van der Waals surface area contributed by atoms with E-state index in [4.69, 9.17) is 9.72 Å². The predicted molar refractivity (Wildman–Crippen MR) is 121 cm³/mol. The van der Waals surface area contributed by atoms with Crippen molar-refractivity contribution in [2.75, 3.05) is 41.8 Å². The summed E-state index contributed by atoms with van der Waals surface area (Å²) in [5.41, 5.74) is 2.43. The van der Waals surface area contributed by atoms with Crippen LogP contribution in [0.1, 0.15) is 6.42 Å². The average molecular weight is 441 g/mol. The van der Waals surface area contributed by atoms with Gasteiger partial charge in [-0.2, -0.15) is 0 Å². The van der Waals surface area contributed by atoms with E-state index in [1.165, 1.54) is 11.8 Å². The number of carbonyl (C=O) groups is 2. The zero-order valence-electron chi connectivity index (χ0n) is 16.1. The second-order valence-electron chi connectivity index (χ2n) is 7.12. The molecule has 7 nitrogen and oxygen atoms in total. The number of fused-ring (bicyclic) bond motifs is 2. The smallest absolute Gasteiger partial charge is 0.238 e. The Morgan fingerprint density at radius 1 is 1.23 bits per heavy atom. The molecule has 3 heterocycles. The Labute approximate surface area is 181 Å². The Balaban J connectivity index is 1.26. The molecule has 154 valence electrons. The fourth-order valence-corrected chi connectivity index (χ4v) is 5.65. The molecule has 0 radical (unpaired) electrons. The number of hydrogen-bond acceptors (Lipinski definition) is 7. The standard InChI is InChI=1S/C21H20N4O3S2/c26-19(12-18-20(27)23-14-3-1-2-4-16(14)29-18)22-13-5-6-15-17(11-13)30-21(24-15)25-7-9-28-10-8-25/h1-6,11,18H,7-10,12H2,(H,22,26)(H,23,27)/t18-/m1/s1. The van der Waals surface area contributed by atoms with Gasteiger partial charge in [-0.3, -0.25) is 9.59 Å². The minimum absolute atomic E-state index is 0.116. The number of thioether (sulfide) groups is 1. The normalized spacial score (nSPS) is 18.7. The third-order valence-corrected chi connectivity index (χ3v) is 7.37. The number of morpholine rings is 1. The number of carbonyl (C=O) groups excluding carboxylic acids is 2. The molecule has 30 heavy (non-hydrogen) atoms. The summed E-state index contributed by atoms with van der Waals surface area (Å²) < 4.78 is 6.43. The Kier molecular flexibility index (Phi) is 5.32. The van der Waals surface area contributed by atoms with E-state index < -0.39 is 5.25 Å². The Bertz CT molecular complexity index is 1110. The van der Waals surface area contributed by atoms with Crippen molar-refractivity contribution < 1.29 is 14.3 Å². The van der Waals surface area contributed by atoms with Gasteiger partial charge in [0.2, 0.25) is 11.8 Å². The molecule has 2 aromatic carbocycles. The first kappa shape index (κ1) is 19.3. The molecule has 2 amide bonds. The van der Waals surface area contributed by atoms with Gasteiger partial charge in [-0.1, -0.05) is 23.5 Å². The zero-order chi connectivity index (χ0) is 20.5. The van der Waals surface area contributed by atoms with Crippen LogP contribution in [0.4, 0.5) is 16.5 Å². The number of ether oxygens (including phenoxy) is 1. The molecule has 1 aromatic heterocycles. The number of hydrogen-bond donors (Lipinski definition) is 2. The first-order valence-electron chi connectivity index (χ1n) is 9.75. The summed E-state index contributed by atoms with van der Waals surface area (Å²) >= 11 is 3.04. The van der Waals surface area contributed by atoms with Crippen molar-refractivity contribution in [1.29, 1.82) is 0 Å². The van der Waals surface area contributed by atoms with Gasteiger partial charge in [0.25, 0.3) is 0 Å². The van der Waals surface area contributed by atoms with Crippen molar-refractivity contribution >= 4 is 61.6 Å². The second-order valence-corrected chi connectivity index (χ2v) is 9.38. The van der Waals surface area contributed by atoms with Gasteiger partial charge < -0.3 is 20.3 Å². The molecule has 2 aliphatic rings. The first-order chi connectivity index (χ1) is 14.7. The summed E-state index contributed by atoms with van der Waals surface area (Å²) in [6, 6.07) is 13.3. The molecule has 0 unspecified atom stereocenters. The van der Waals surface area contributed by atoms with Crippen LogP contribution in [-0.4, -0.2) is 48.4 Å². The summed E-state index contributed by atoms with van der Waals surface area (Å²) in [4.78, 5) is 32.8. The van der Waals surface area contributed by atoms with Crippen LogP contribution in [-0.2, 0) is 14.3 Å². The van der Waals surface area contributed by atoms with E-state index >= 15 is 0 Å².